The van der Waals surface area contributed by atoms with Crippen LogP contribution in [-0.4, -0.2) is 53.7 Å². The summed E-state index contributed by atoms with van der Waals surface area (Å²) in [5.41, 5.74) is 6.45. The highest BCUT2D eigenvalue weighted by Crippen LogP contribution is 2.40. The molecule has 0 aliphatic heterocycles. The summed E-state index contributed by atoms with van der Waals surface area (Å²) in [6.45, 7) is -0.460. The Morgan fingerprint density at radius 2 is 2.00 bits per heavy atom. The summed E-state index contributed by atoms with van der Waals surface area (Å²) in [5, 5.41) is 29.4. The number of halogens is 2. The Kier molecular flexibility index (Phi) is 3.50. The van der Waals surface area contributed by atoms with Crippen molar-refractivity contribution in [2.24, 2.45) is 0 Å². The molecule has 0 bridgehead atoms. The highest BCUT2D eigenvalue weighted by Gasteiger charge is 2.42. The van der Waals surface area contributed by atoms with E-state index in [1.165, 1.54) is 10.9 Å². The molecule has 0 fully saturated rings. The van der Waals surface area contributed by atoms with Crippen LogP contribution >= 0.6 is 23.2 Å². The van der Waals surface area contributed by atoms with E-state index in [-0.39, 0.29) is 27.4 Å². The second-order valence-corrected chi connectivity index (χ2v) is 5.36. The first kappa shape index (κ1) is 14.5. The molecule has 0 amide bonds. The molecular formula is C11H11Cl2N5O3. The van der Waals surface area contributed by atoms with Crippen LogP contribution in [0.5, 0.6) is 0 Å². The summed E-state index contributed by atoms with van der Waals surface area (Å²) in [7, 11) is 0. The quantitative estimate of drug-likeness (QED) is 0.561. The molecule has 1 unspecified atom stereocenters. The standard InChI is InChI=1S/C11H11Cl2N5O3/c12-4-3(1-19)7(20)8(21)6(4)18-2-15-5-9(14)16-11(13)17-10(5)18/h2,6-8,19-21H,1H2,(H2,14,16,17)/t6?,7-,8-/m0/s1. The fraction of sp³-hybridized carbons (Fsp3) is 0.364. The van der Waals surface area contributed by atoms with E-state index in [1.54, 1.807) is 0 Å². The van der Waals surface area contributed by atoms with Crippen LogP contribution in [0, 0.1) is 0 Å². The number of rotatable bonds is 2. The maximum Gasteiger partial charge on any atom is 0.226 e. The van der Waals surface area contributed by atoms with Crippen molar-refractivity contribution in [1.82, 2.24) is 19.5 Å². The van der Waals surface area contributed by atoms with Gasteiger partial charge in [-0.15, -0.1) is 0 Å². The smallest absolute Gasteiger partial charge is 0.226 e. The predicted octanol–water partition coefficient (Wildman–Crippen LogP) is -0.176. The van der Waals surface area contributed by atoms with Gasteiger partial charge in [0, 0.05) is 10.6 Å². The third kappa shape index (κ3) is 2.07. The molecule has 0 spiro atoms. The van der Waals surface area contributed by atoms with Crippen LogP contribution in [-0.2, 0) is 0 Å². The van der Waals surface area contributed by atoms with E-state index in [0.717, 1.165) is 0 Å². The van der Waals surface area contributed by atoms with Crippen molar-refractivity contribution in [3.8, 4) is 0 Å². The van der Waals surface area contributed by atoms with Crippen LogP contribution < -0.4 is 5.73 Å². The molecule has 10 heteroatoms. The molecule has 112 valence electrons. The number of hydrogen-bond acceptors (Lipinski definition) is 7. The fourth-order valence-electron chi connectivity index (χ4n) is 2.43. The average Bonchev–Trinajstić information content (AvgIpc) is 2.91. The minimum Gasteiger partial charge on any atom is -0.392 e. The summed E-state index contributed by atoms with van der Waals surface area (Å²) in [6.07, 6.45) is -1.14. The monoisotopic (exact) mass is 331 g/mol. The molecule has 2 aromatic heterocycles. The average molecular weight is 332 g/mol. The molecule has 1 aliphatic carbocycles. The van der Waals surface area contributed by atoms with E-state index >= 15 is 0 Å². The number of aliphatic hydroxyl groups is 3. The van der Waals surface area contributed by atoms with E-state index in [0.29, 0.717) is 5.52 Å². The zero-order valence-electron chi connectivity index (χ0n) is 10.5. The Morgan fingerprint density at radius 1 is 1.29 bits per heavy atom. The van der Waals surface area contributed by atoms with E-state index in [4.69, 9.17) is 28.9 Å². The third-order valence-corrected chi connectivity index (χ3v) is 4.10. The molecule has 0 saturated carbocycles. The molecule has 1 aliphatic rings. The molecular weight excluding hydrogens is 321 g/mol. The van der Waals surface area contributed by atoms with Crippen LogP contribution in [0.4, 0.5) is 5.82 Å². The van der Waals surface area contributed by atoms with Gasteiger partial charge in [0.15, 0.2) is 11.5 Å². The molecule has 5 N–H and O–H groups in total. The minimum atomic E-state index is -1.26. The number of nitrogens with two attached hydrogens (primary N) is 1. The molecule has 2 aromatic rings. The summed E-state index contributed by atoms with van der Waals surface area (Å²) in [5.74, 6) is 0.0965. The Hall–Kier alpha value is -1.45. The lowest BCUT2D eigenvalue weighted by atomic mass is 10.1. The molecule has 0 saturated heterocycles. The molecule has 2 heterocycles. The zero-order valence-corrected chi connectivity index (χ0v) is 12.0. The van der Waals surface area contributed by atoms with Gasteiger partial charge in [-0.2, -0.15) is 9.97 Å². The molecule has 0 aromatic carbocycles. The maximum atomic E-state index is 10.2. The van der Waals surface area contributed by atoms with Gasteiger partial charge in [-0.25, -0.2) is 4.98 Å². The van der Waals surface area contributed by atoms with Crippen molar-refractivity contribution in [1.29, 1.82) is 0 Å². The first-order valence-corrected chi connectivity index (χ1v) is 6.72. The Morgan fingerprint density at radius 3 is 2.62 bits per heavy atom. The minimum absolute atomic E-state index is 0.0720. The molecule has 3 rings (SSSR count). The zero-order chi connectivity index (χ0) is 15.3. The molecule has 21 heavy (non-hydrogen) atoms. The number of aliphatic hydroxyl groups excluding tert-OH is 3. The van der Waals surface area contributed by atoms with Crippen molar-refractivity contribution in [2.45, 2.75) is 18.2 Å². The number of hydrogen-bond donors (Lipinski definition) is 4. The maximum absolute atomic E-state index is 10.2. The Balaban J connectivity index is 2.19. The van der Waals surface area contributed by atoms with Crippen molar-refractivity contribution in [3.63, 3.8) is 0 Å². The van der Waals surface area contributed by atoms with Crippen LogP contribution in [0.1, 0.15) is 6.04 Å². The van der Waals surface area contributed by atoms with Gasteiger partial charge in [-0.05, 0) is 11.6 Å². The van der Waals surface area contributed by atoms with Crippen molar-refractivity contribution < 1.29 is 15.3 Å². The summed E-state index contributed by atoms with van der Waals surface area (Å²) >= 11 is 11.9. The number of imidazole rings is 1. The summed E-state index contributed by atoms with van der Waals surface area (Å²) < 4.78 is 1.44. The molecule has 3 atom stereocenters. The predicted molar refractivity (Wildman–Crippen MR) is 75.8 cm³/mol. The summed E-state index contributed by atoms with van der Waals surface area (Å²) in [4.78, 5) is 11.9. The fourth-order valence-corrected chi connectivity index (χ4v) is 3.01. The van der Waals surface area contributed by atoms with Gasteiger partial charge in [0.05, 0.1) is 12.9 Å². The Bertz CT molecular complexity index is 747. The first-order chi connectivity index (χ1) is 9.95. The largest absolute Gasteiger partial charge is 0.392 e. The van der Waals surface area contributed by atoms with Crippen LogP contribution in [0.2, 0.25) is 5.28 Å². The first-order valence-electron chi connectivity index (χ1n) is 5.96. The van der Waals surface area contributed by atoms with Crippen molar-refractivity contribution in [3.05, 3.63) is 22.2 Å². The van der Waals surface area contributed by atoms with Gasteiger partial charge in [-0.1, -0.05) is 11.6 Å². The SMILES string of the molecule is Nc1nc(Cl)nc2c1ncn2C1C(Cl)=C(CO)[C@H](O)[C@H]1O. The topological polar surface area (TPSA) is 130 Å². The number of fused-ring (bicyclic) bond motifs is 1. The molecule has 8 nitrogen and oxygen atoms in total. The van der Waals surface area contributed by atoms with Crippen LogP contribution in [0.25, 0.3) is 11.2 Å². The van der Waals surface area contributed by atoms with Gasteiger partial charge < -0.3 is 25.6 Å². The van der Waals surface area contributed by atoms with E-state index in [2.05, 4.69) is 15.0 Å². The van der Waals surface area contributed by atoms with Crippen LogP contribution in [0.15, 0.2) is 16.9 Å². The van der Waals surface area contributed by atoms with Gasteiger partial charge >= 0.3 is 0 Å². The highest BCUT2D eigenvalue weighted by molar-refractivity contribution is 6.31. The lowest BCUT2D eigenvalue weighted by molar-refractivity contribution is 0.0284. The van der Waals surface area contributed by atoms with Crippen molar-refractivity contribution in [2.75, 3.05) is 12.3 Å². The second kappa shape index (κ2) is 5.08. The number of anilines is 1. The van der Waals surface area contributed by atoms with E-state index in [9.17, 15) is 15.3 Å². The lowest BCUT2D eigenvalue weighted by Gasteiger charge is -2.19. The lowest BCUT2D eigenvalue weighted by Crippen LogP contribution is -2.30. The van der Waals surface area contributed by atoms with Crippen molar-refractivity contribution >= 4 is 40.2 Å². The number of aromatic nitrogens is 4. The Labute approximate surface area is 128 Å². The normalized spacial score (nSPS) is 26.0. The van der Waals surface area contributed by atoms with Gasteiger partial charge in [0.1, 0.15) is 23.8 Å². The highest BCUT2D eigenvalue weighted by atomic mass is 35.5. The van der Waals surface area contributed by atoms with Gasteiger partial charge in [0.2, 0.25) is 5.28 Å². The second-order valence-electron chi connectivity index (χ2n) is 4.61. The van der Waals surface area contributed by atoms with E-state index < -0.39 is 24.9 Å². The van der Waals surface area contributed by atoms with Crippen LogP contribution in [0.3, 0.4) is 0 Å². The van der Waals surface area contributed by atoms with E-state index in [1.807, 2.05) is 0 Å². The number of nitrogen functional groups attached to an aromatic ring is 1. The van der Waals surface area contributed by atoms with Gasteiger partial charge in [0.25, 0.3) is 0 Å². The summed E-state index contributed by atoms with van der Waals surface area (Å²) in [6, 6.07) is -0.834. The number of nitrogens with zero attached hydrogens (tertiary/aromatic N) is 4. The van der Waals surface area contributed by atoms with Gasteiger partial charge in [-0.3, -0.25) is 0 Å². The molecule has 0 radical (unpaired) electrons. The third-order valence-electron chi connectivity index (χ3n) is 3.46.